The fraction of sp³-hybridized carbons (Fsp3) is 1.00. The Morgan fingerprint density at radius 1 is 1.13 bits per heavy atom. The van der Waals surface area contributed by atoms with Crippen LogP contribution in [0.1, 0.15) is 38.5 Å². The summed E-state index contributed by atoms with van der Waals surface area (Å²) in [4.78, 5) is 2.51. The third-order valence-electron chi connectivity index (χ3n) is 5.53. The van der Waals surface area contributed by atoms with Crippen molar-refractivity contribution in [3.05, 3.63) is 0 Å². The highest BCUT2D eigenvalue weighted by atomic mass is 15.2. The summed E-state index contributed by atoms with van der Waals surface area (Å²) in [6.07, 6.45) is 8.61. The van der Waals surface area contributed by atoms with Crippen LogP contribution in [0.2, 0.25) is 0 Å². The van der Waals surface area contributed by atoms with Crippen molar-refractivity contribution in [1.29, 1.82) is 0 Å². The Labute approximate surface area is 93.2 Å². The molecule has 0 aromatic rings. The van der Waals surface area contributed by atoms with Crippen LogP contribution in [-0.2, 0) is 0 Å². The zero-order valence-corrected chi connectivity index (χ0v) is 10.1. The highest BCUT2D eigenvalue weighted by Crippen LogP contribution is 2.62. The van der Waals surface area contributed by atoms with Gasteiger partial charge in [-0.3, -0.25) is 0 Å². The van der Waals surface area contributed by atoms with Gasteiger partial charge in [-0.1, -0.05) is 0 Å². The number of rotatable bonds is 2. The standard InChI is InChI=1S/C13H24N2/c1-15(2)13-6-10-3-11(7-13)5-12(4-10,8-13)9-14/h10-11H,3-9,14H2,1-2H3. The molecule has 15 heavy (non-hydrogen) atoms. The maximum absolute atomic E-state index is 6.07. The minimum Gasteiger partial charge on any atom is -0.330 e. The van der Waals surface area contributed by atoms with Gasteiger partial charge in [0.25, 0.3) is 0 Å². The highest BCUT2D eigenvalue weighted by molar-refractivity contribution is 5.11. The van der Waals surface area contributed by atoms with E-state index < -0.39 is 0 Å². The van der Waals surface area contributed by atoms with Crippen molar-refractivity contribution in [2.75, 3.05) is 20.6 Å². The van der Waals surface area contributed by atoms with E-state index in [1.54, 1.807) is 0 Å². The van der Waals surface area contributed by atoms with Crippen LogP contribution in [0.5, 0.6) is 0 Å². The molecule has 2 N–H and O–H groups in total. The van der Waals surface area contributed by atoms with Crippen LogP contribution in [0, 0.1) is 17.3 Å². The number of hydrogen-bond donors (Lipinski definition) is 1. The summed E-state index contributed by atoms with van der Waals surface area (Å²) in [5, 5.41) is 0. The molecular weight excluding hydrogens is 184 g/mol. The predicted octanol–water partition coefficient (Wildman–Crippen LogP) is 1.85. The molecule has 2 heteroatoms. The minimum atomic E-state index is 0.517. The molecule has 4 saturated carbocycles. The molecular formula is C13H24N2. The van der Waals surface area contributed by atoms with Crippen LogP contribution >= 0.6 is 0 Å². The monoisotopic (exact) mass is 208 g/mol. The fourth-order valence-corrected chi connectivity index (χ4v) is 5.16. The maximum atomic E-state index is 6.07. The molecule has 0 radical (unpaired) electrons. The van der Waals surface area contributed by atoms with Gasteiger partial charge in [-0.15, -0.1) is 0 Å². The summed E-state index contributed by atoms with van der Waals surface area (Å²) in [5.74, 6) is 1.97. The summed E-state index contributed by atoms with van der Waals surface area (Å²) in [5.41, 5.74) is 7.11. The average molecular weight is 208 g/mol. The van der Waals surface area contributed by atoms with Crippen molar-refractivity contribution in [3.8, 4) is 0 Å². The van der Waals surface area contributed by atoms with Crippen LogP contribution in [0.3, 0.4) is 0 Å². The first-order valence-electron chi connectivity index (χ1n) is 6.45. The van der Waals surface area contributed by atoms with E-state index in [9.17, 15) is 0 Å². The normalized spacial score (nSPS) is 52.8. The van der Waals surface area contributed by atoms with E-state index in [2.05, 4.69) is 19.0 Å². The van der Waals surface area contributed by atoms with E-state index in [1.165, 1.54) is 38.5 Å². The highest BCUT2D eigenvalue weighted by Gasteiger charge is 2.57. The fourth-order valence-electron chi connectivity index (χ4n) is 5.16. The molecule has 0 aromatic carbocycles. The molecule has 4 fully saturated rings. The van der Waals surface area contributed by atoms with Gasteiger partial charge in [-0.25, -0.2) is 0 Å². The second-order valence-electron chi connectivity index (χ2n) is 6.78. The molecule has 0 saturated heterocycles. The first-order valence-corrected chi connectivity index (χ1v) is 6.45. The lowest BCUT2D eigenvalue weighted by Gasteiger charge is -2.64. The van der Waals surface area contributed by atoms with E-state index in [0.717, 1.165) is 18.4 Å². The Balaban J connectivity index is 1.95. The Kier molecular flexibility index (Phi) is 2.01. The molecule has 0 aliphatic heterocycles. The number of nitrogens with two attached hydrogens (primary N) is 1. The van der Waals surface area contributed by atoms with Crippen LogP contribution in [0.15, 0.2) is 0 Å². The summed E-state index contributed by atoms with van der Waals surface area (Å²) in [7, 11) is 4.55. The zero-order valence-electron chi connectivity index (χ0n) is 10.1. The van der Waals surface area contributed by atoms with Crippen molar-refractivity contribution in [3.63, 3.8) is 0 Å². The average Bonchev–Trinajstić information content (AvgIpc) is 2.15. The molecule has 2 nitrogen and oxygen atoms in total. The molecule has 4 aliphatic carbocycles. The van der Waals surface area contributed by atoms with Crippen molar-refractivity contribution in [1.82, 2.24) is 4.90 Å². The third kappa shape index (κ3) is 1.31. The molecule has 4 aliphatic rings. The molecule has 0 heterocycles. The summed E-state index contributed by atoms with van der Waals surface area (Å²) in [6, 6.07) is 0. The van der Waals surface area contributed by atoms with E-state index in [4.69, 9.17) is 5.73 Å². The van der Waals surface area contributed by atoms with Crippen LogP contribution in [0.25, 0.3) is 0 Å². The van der Waals surface area contributed by atoms with Gasteiger partial charge in [-0.05, 0) is 76.4 Å². The molecule has 2 unspecified atom stereocenters. The van der Waals surface area contributed by atoms with Gasteiger partial charge in [0.1, 0.15) is 0 Å². The maximum Gasteiger partial charge on any atom is 0.0214 e. The number of nitrogens with zero attached hydrogens (tertiary/aromatic N) is 1. The first kappa shape index (κ1) is 10.1. The summed E-state index contributed by atoms with van der Waals surface area (Å²) in [6.45, 7) is 0.926. The number of hydrogen-bond acceptors (Lipinski definition) is 2. The van der Waals surface area contributed by atoms with Gasteiger partial charge in [0, 0.05) is 5.54 Å². The van der Waals surface area contributed by atoms with Gasteiger partial charge >= 0.3 is 0 Å². The van der Waals surface area contributed by atoms with Gasteiger partial charge in [-0.2, -0.15) is 0 Å². The Morgan fingerprint density at radius 3 is 2.20 bits per heavy atom. The van der Waals surface area contributed by atoms with E-state index in [0.29, 0.717) is 11.0 Å². The Hall–Kier alpha value is -0.0800. The molecule has 0 aromatic heterocycles. The van der Waals surface area contributed by atoms with E-state index >= 15 is 0 Å². The second kappa shape index (κ2) is 2.98. The summed E-state index contributed by atoms with van der Waals surface area (Å²) < 4.78 is 0. The van der Waals surface area contributed by atoms with E-state index in [1.807, 2.05) is 0 Å². The molecule has 86 valence electrons. The summed E-state index contributed by atoms with van der Waals surface area (Å²) >= 11 is 0. The Morgan fingerprint density at radius 2 is 1.73 bits per heavy atom. The minimum absolute atomic E-state index is 0.517. The molecule has 0 spiro atoms. The third-order valence-corrected chi connectivity index (χ3v) is 5.53. The van der Waals surface area contributed by atoms with Crippen LogP contribution in [0.4, 0.5) is 0 Å². The smallest absolute Gasteiger partial charge is 0.0214 e. The first-order chi connectivity index (χ1) is 7.07. The lowest BCUT2D eigenvalue weighted by Crippen LogP contribution is -2.62. The largest absolute Gasteiger partial charge is 0.330 e. The van der Waals surface area contributed by atoms with Crippen molar-refractivity contribution in [2.24, 2.45) is 23.0 Å². The van der Waals surface area contributed by atoms with Crippen LogP contribution < -0.4 is 5.73 Å². The lowest BCUT2D eigenvalue weighted by molar-refractivity contribution is -0.115. The van der Waals surface area contributed by atoms with Gasteiger partial charge < -0.3 is 10.6 Å². The topological polar surface area (TPSA) is 29.3 Å². The van der Waals surface area contributed by atoms with E-state index in [-0.39, 0.29) is 0 Å². The zero-order chi connectivity index (χ0) is 10.7. The van der Waals surface area contributed by atoms with Crippen molar-refractivity contribution >= 4 is 0 Å². The molecule has 4 bridgehead atoms. The predicted molar refractivity (Wildman–Crippen MR) is 62.6 cm³/mol. The molecule has 2 atom stereocenters. The van der Waals surface area contributed by atoms with Crippen molar-refractivity contribution < 1.29 is 0 Å². The lowest BCUT2D eigenvalue weighted by atomic mass is 9.46. The van der Waals surface area contributed by atoms with Crippen molar-refractivity contribution in [2.45, 2.75) is 44.1 Å². The molecule has 4 rings (SSSR count). The SMILES string of the molecule is CN(C)C12CC3CC(CC(CN)(C3)C1)C2. The van der Waals surface area contributed by atoms with Gasteiger partial charge in [0.05, 0.1) is 0 Å². The molecule has 0 amide bonds. The second-order valence-corrected chi connectivity index (χ2v) is 6.78. The quantitative estimate of drug-likeness (QED) is 0.750. The Bertz CT molecular complexity index is 258. The van der Waals surface area contributed by atoms with Gasteiger partial charge in [0.2, 0.25) is 0 Å². The van der Waals surface area contributed by atoms with Crippen LogP contribution in [-0.4, -0.2) is 31.1 Å². The van der Waals surface area contributed by atoms with Gasteiger partial charge in [0.15, 0.2) is 0 Å².